The van der Waals surface area contributed by atoms with Crippen molar-refractivity contribution < 1.29 is 23.5 Å². The van der Waals surface area contributed by atoms with E-state index in [1.54, 1.807) is 11.8 Å². The maximum absolute atomic E-state index is 13.1. The van der Waals surface area contributed by atoms with Crippen molar-refractivity contribution in [1.82, 2.24) is 19.7 Å². The molecule has 2 aliphatic heterocycles. The highest BCUT2D eigenvalue weighted by Gasteiger charge is 2.31. The van der Waals surface area contributed by atoms with Gasteiger partial charge in [0.1, 0.15) is 6.26 Å². The SMILES string of the molecule is CCOC(=O)C1CCCN(C(=O)c2coc(CN(CCN3CCOCC3)Cc3cccc(Cl)c3)n2)C1. The van der Waals surface area contributed by atoms with E-state index in [-0.39, 0.29) is 23.5 Å². The van der Waals surface area contributed by atoms with Crippen molar-refractivity contribution >= 4 is 23.5 Å². The molecule has 9 nitrogen and oxygen atoms in total. The summed E-state index contributed by atoms with van der Waals surface area (Å²) < 4.78 is 16.3. The first-order chi connectivity index (χ1) is 17.5. The first-order valence-electron chi connectivity index (χ1n) is 12.7. The van der Waals surface area contributed by atoms with Crippen molar-refractivity contribution in [3.8, 4) is 0 Å². The molecule has 3 heterocycles. The van der Waals surface area contributed by atoms with Gasteiger partial charge < -0.3 is 18.8 Å². The molecule has 0 N–H and O–H groups in total. The molecule has 2 fully saturated rings. The lowest BCUT2D eigenvalue weighted by atomic mass is 9.98. The number of likely N-dealkylation sites (tertiary alicyclic amines) is 1. The molecule has 0 aliphatic carbocycles. The van der Waals surface area contributed by atoms with Crippen LogP contribution in [0, 0.1) is 5.92 Å². The Labute approximate surface area is 217 Å². The number of rotatable bonds is 10. The molecule has 1 unspecified atom stereocenters. The normalized spacial score (nSPS) is 19.0. The van der Waals surface area contributed by atoms with E-state index in [9.17, 15) is 9.59 Å². The van der Waals surface area contributed by atoms with E-state index in [1.807, 2.05) is 18.2 Å². The third-order valence-electron chi connectivity index (χ3n) is 6.59. The number of benzene rings is 1. The Hall–Kier alpha value is -2.46. The monoisotopic (exact) mass is 518 g/mol. The van der Waals surface area contributed by atoms with Gasteiger partial charge in [-0.05, 0) is 37.5 Å². The number of morpholine rings is 1. The van der Waals surface area contributed by atoms with Gasteiger partial charge in [-0.15, -0.1) is 0 Å². The van der Waals surface area contributed by atoms with Crippen LogP contribution >= 0.6 is 11.6 Å². The fourth-order valence-electron chi connectivity index (χ4n) is 4.66. The van der Waals surface area contributed by atoms with Gasteiger partial charge in [-0.2, -0.15) is 0 Å². The minimum absolute atomic E-state index is 0.214. The molecule has 2 aromatic rings. The quantitative estimate of drug-likeness (QED) is 0.443. The third kappa shape index (κ3) is 7.52. The second kappa shape index (κ2) is 13.2. The van der Waals surface area contributed by atoms with Crippen molar-refractivity contribution in [1.29, 1.82) is 0 Å². The number of aromatic nitrogens is 1. The molecule has 10 heteroatoms. The zero-order valence-corrected chi connectivity index (χ0v) is 21.6. The van der Waals surface area contributed by atoms with Crippen molar-refractivity contribution in [3.63, 3.8) is 0 Å². The first-order valence-corrected chi connectivity index (χ1v) is 13.1. The molecule has 1 aromatic carbocycles. The van der Waals surface area contributed by atoms with Gasteiger partial charge >= 0.3 is 5.97 Å². The number of amides is 1. The number of hydrogen-bond donors (Lipinski definition) is 0. The second-order valence-corrected chi connectivity index (χ2v) is 9.70. The molecule has 36 heavy (non-hydrogen) atoms. The second-order valence-electron chi connectivity index (χ2n) is 9.26. The van der Waals surface area contributed by atoms with Crippen molar-refractivity contribution in [2.75, 3.05) is 59.1 Å². The lowest BCUT2D eigenvalue weighted by molar-refractivity contribution is -0.149. The van der Waals surface area contributed by atoms with Crippen LogP contribution in [0.3, 0.4) is 0 Å². The van der Waals surface area contributed by atoms with Gasteiger partial charge in [0.15, 0.2) is 5.69 Å². The Balaban J connectivity index is 1.39. The maximum atomic E-state index is 13.1. The summed E-state index contributed by atoms with van der Waals surface area (Å²) >= 11 is 6.20. The highest BCUT2D eigenvalue weighted by atomic mass is 35.5. The summed E-state index contributed by atoms with van der Waals surface area (Å²) in [5.41, 5.74) is 1.37. The van der Waals surface area contributed by atoms with Gasteiger partial charge in [0, 0.05) is 50.8 Å². The summed E-state index contributed by atoms with van der Waals surface area (Å²) in [5.74, 6) is -0.259. The molecule has 1 atom stereocenters. The van der Waals surface area contributed by atoms with E-state index in [1.165, 1.54) is 6.26 Å². The predicted molar refractivity (Wildman–Crippen MR) is 135 cm³/mol. The van der Waals surface area contributed by atoms with Crippen molar-refractivity contribution in [2.24, 2.45) is 5.92 Å². The highest BCUT2D eigenvalue weighted by molar-refractivity contribution is 6.30. The third-order valence-corrected chi connectivity index (χ3v) is 6.82. The smallest absolute Gasteiger partial charge is 0.310 e. The molecule has 1 aromatic heterocycles. The van der Waals surface area contributed by atoms with E-state index in [0.717, 1.165) is 57.8 Å². The highest BCUT2D eigenvalue weighted by Crippen LogP contribution is 2.21. The number of esters is 1. The van der Waals surface area contributed by atoms with Gasteiger partial charge in [0.2, 0.25) is 5.89 Å². The van der Waals surface area contributed by atoms with E-state index in [4.69, 9.17) is 25.5 Å². The molecular weight excluding hydrogens is 484 g/mol. The lowest BCUT2D eigenvalue weighted by Crippen LogP contribution is -2.43. The summed E-state index contributed by atoms with van der Waals surface area (Å²) in [5, 5.41) is 0.701. The number of halogens is 1. The van der Waals surface area contributed by atoms with Crippen LogP contribution in [-0.4, -0.2) is 90.6 Å². The number of carbonyl (C=O) groups is 2. The summed E-state index contributed by atoms with van der Waals surface area (Å²) in [6, 6.07) is 7.82. The van der Waals surface area contributed by atoms with Gasteiger partial charge in [0.05, 0.1) is 32.3 Å². The Kier molecular flexibility index (Phi) is 9.75. The van der Waals surface area contributed by atoms with Gasteiger partial charge in [-0.1, -0.05) is 23.7 Å². The van der Waals surface area contributed by atoms with E-state index >= 15 is 0 Å². The molecule has 2 saturated heterocycles. The summed E-state index contributed by atoms with van der Waals surface area (Å²) in [7, 11) is 0. The van der Waals surface area contributed by atoms with E-state index < -0.39 is 0 Å². The fraction of sp³-hybridized carbons (Fsp3) is 0.577. The first kappa shape index (κ1) is 26.6. The minimum atomic E-state index is -0.289. The van der Waals surface area contributed by atoms with Crippen LogP contribution in [0.2, 0.25) is 5.02 Å². The van der Waals surface area contributed by atoms with Crippen LogP contribution in [0.5, 0.6) is 0 Å². The van der Waals surface area contributed by atoms with Crippen molar-refractivity contribution in [3.05, 3.63) is 52.7 Å². The molecule has 2 aliphatic rings. The lowest BCUT2D eigenvalue weighted by Gasteiger charge is -2.30. The molecule has 0 bridgehead atoms. The minimum Gasteiger partial charge on any atom is -0.466 e. The number of oxazole rings is 1. The molecule has 0 saturated carbocycles. The summed E-state index contributed by atoms with van der Waals surface area (Å²) in [6.07, 6.45) is 2.91. The molecule has 1 amide bonds. The Bertz CT molecular complexity index is 1010. The molecular formula is C26H35ClN4O5. The summed E-state index contributed by atoms with van der Waals surface area (Å²) in [4.78, 5) is 36.1. The molecule has 196 valence electrons. The average molecular weight is 519 g/mol. The number of piperidine rings is 1. The fourth-order valence-corrected chi connectivity index (χ4v) is 4.88. The molecule has 0 spiro atoms. The van der Waals surface area contributed by atoms with Crippen molar-refractivity contribution in [2.45, 2.75) is 32.9 Å². The van der Waals surface area contributed by atoms with Gasteiger partial charge in [0.25, 0.3) is 5.91 Å². The van der Waals surface area contributed by atoms with Crippen LogP contribution in [0.4, 0.5) is 0 Å². The number of hydrogen-bond acceptors (Lipinski definition) is 8. The van der Waals surface area contributed by atoms with Gasteiger partial charge in [-0.3, -0.25) is 19.4 Å². The number of ether oxygens (including phenoxy) is 2. The largest absolute Gasteiger partial charge is 0.466 e. The van der Waals surface area contributed by atoms with Crippen LogP contribution in [0.25, 0.3) is 0 Å². The zero-order valence-electron chi connectivity index (χ0n) is 20.9. The van der Waals surface area contributed by atoms with Crippen LogP contribution in [0.1, 0.15) is 41.7 Å². The Morgan fingerprint density at radius 3 is 2.83 bits per heavy atom. The van der Waals surface area contributed by atoms with Gasteiger partial charge in [-0.25, -0.2) is 4.98 Å². The van der Waals surface area contributed by atoms with Crippen LogP contribution < -0.4 is 0 Å². The van der Waals surface area contributed by atoms with E-state index in [2.05, 4.69) is 20.9 Å². The Morgan fingerprint density at radius 1 is 1.22 bits per heavy atom. The molecule has 0 radical (unpaired) electrons. The summed E-state index contributed by atoms with van der Waals surface area (Å²) in [6.45, 7) is 9.29. The topological polar surface area (TPSA) is 88.4 Å². The number of carbonyl (C=O) groups excluding carboxylic acids is 2. The van der Waals surface area contributed by atoms with E-state index in [0.29, 0.717) is 43.7 Å². The van der Waals surface area contributed by atoms with Crippen LogP contribution in [0.15, 0.2) is 34.9 Å². The Morgan fingerprint density at radius 2 is 2.06 bits per heavy atom. The average Bonchev–Trinajstić information content (AvgIpc) is 3.36. The predicted octanol–water partition coefficient (Wildman–Crippen LogP) is 3.08. The van der Waals surface area contributed by atoms with Crippen LogP contribution in [-0.2, 0) is 27.4 Å². The number of nitrogens with zero attached hydrogens (tertiary/aromatic N) is 4. The zero-order chi connectivity index (χ0) is 25.3. The molecule has 4 rings (SSSR count). The maximum Gasteiger partial charge on any atom is 0.310 e. The standard InChI is InChI=1S/C26H35ClN4O5/c1-2-35-26(33)21-6-4-8-31(17-21)25(32)23-19-36-24(28-23)18-30(10-9-29-11-13-34-14-12-29)16-20-5-3-7-22(27)15-20/h3,5,7,15,19,21H,2,4,6,8-14,16-18H2,1H3.